The standard InChI is InChI=1S/C14H24N2O2/c1-14(2)8-16(7-9(6-15)18-14)13(17)12-10-4-3-5-11(10)12/h9-12H,3-8,15H2,1-2H3. The second-order valence-corrected chi connectivity index (χ2v) is 6.74. The number of hydrogen-bond donors (Lipinski definition) is 1. The number of carbonyl (C=O) groups excluding carboxylic acids is 1. The van der Waals surface area contributed by atoms with Gasteiger partial charge < -0.3 is 15.4 Å². The van der Waals surface area contributed by atoms with Gasteiger partial charge in [0.05, 0.1) is 11.7 Å². The molecule has 18 heavy (non-hydrogen) atoms. The molecule has 1 heterocycles. The van der Waals surface area contributed by atoms with E-state index in [1.807, 2.05) is 18.7 Å². The molecule has 3 unspecified atom stereocenters. The summed E-state index contributed by atoms with van der Waals surface area (Å²) < 4.78 is 5.88. The molecular formula is C14H24N2O2. The number of amides is 1. The Balaban J connectivity index is 1.66. The molecule has 2 N–H and O–H groups in total. The molecule has 0 radical (unpaired) electrons. The van der Waals surface area contributed by atoms with Crippen LogP contribution in [-0.4, -0.2) is 42.1 Å². The largest absolute Gasteiger partial charge is 0.367 e. The molecule has 0 aromatic rings. The molecule has 0 aromatic heterocycles. The summed E-state index contributed by atoms with van der Waals surface area (Å²) in [5.41, 5.74) is 5.45. The Morgan fingerprint density at radius 2 is 2.06 bits per heavy atom. The van der Waals surface area contributed by atoms with Crippen LogP contribution in [0.15, 0.2) is 0 Å². The molecule has 0 bridgehead atoms. The average Bonchev–Trinajstić information content (AvgIpc) is 2.78. The summed E-state index contributed by atoms with van der Waals surface area (Å²) in [6.45, 7) is 5.96. The van der Waals surface area contributed by atoms with Crippen LogP contribution in [0.1, 0.15) is 33.1 Å². The number of ether oxygens (including phenoxy) is 1. The summed E-state index contributed by atoms with van der Waals surface area (Å²) in [5.74, 6) is 2.07. The van der Waals surface area contributed by atoms with Gasteiger partial charge in [-0.1, -0.05) is 6.42 Å². The van der Waals surface area contributed by atoms with Crippen molar-refractivity contribution in [3.8, 4) is 0 Å². The fourth-order valence-electron chi connectivity index (χ4n) is 3.98. The third-order valence-corrected chi connectivity index (χ3v) is 4.75. The van der Waals surface area contributed by atoms with Crippen molar-refractivity contribution in [2.24, 2.45) is 23.5 Å². The minimum atomic E-state index is -0.262. The minimum absolute atomic E-state index is 0.00343. The first-order valence-corrected chi connectivity index (χ1v) is 7.18. The lowest BCUT2D eigenvalue weighted by Gasteiger charge is -2.42. The zero-order valence-electron chi connectivity index (χ0n) is 11.4. The molecule has 3 fully saturated rings. The van der Waals surface area contributed by atoms with Gasteiger partial charge in [0.1, 0.15) is 0 Å². The number of nitrogens with zero attached hydrogens (tertiary/aromatic N) is 1. The first kappa shape index (κ1) is 12.4. The van der Waals surface area contributed by atoms with Gasteiger partial charge in [0.15, 0.2) is 0 Å². The van der Waals surface area contributed by atoms with E-state index in [9.17, 15) is 4.79 Å². The van der Waals surface area contributed by atoms with Crippen LogP contribution in [0.25, 0.3) is 0 Å². The van der Waals surface area contributed by atoms with E-state index in [1.165, 1.54) is 19.3 Å². The number of carbonyl (C=O) groups is 1. The quantitative estimate of drug-likeness (QED) is 0.797. The molecule has 1 saturated heterocycles. The van der Waals surface area contributed by atoms with Crippen molar-refractivity contribution >= 4 is 5.91 Å². The summed E-state index contributed by atoms with van der Waals surface area (Å²) in [6, 6.07) is 0. The molecule has 3 atom stereocenters. The van der Waals surface area contributed by atoms with Crippen LogP contribution in [0, 0.1) is 17.8 Å². The van der Waals surface area contributed by atoms with Crippen molar-refractivity contribution in [3.05, 3.63) is 0 Å². The van der Waals surface area contributed by atoms with Crippen molar-refractivity contribution in [2.75, 3.05) is 19.6 Å². The van der Waals surface area contributed by atoms with Gasteiger partial charge in [-0.15, -0.1) is 0 Å². The number of hydrogen-bond acceptors (Lipinski definition) is 3. The van der Waals surface area contributed by atoms with Gasteiger partial charge in [-0.05, 0) is 38.5 Å². The zero-order valence-corrected chi connectivity index (χ0v) is 11.4. The molecule has 2 saturated carbocycles. The molecule has 3 rings (SSSR count). The summed E-state index contributed by atoms with van der Waals surface area (Å²) >= 11 is 0. The van der Waals surface area contributed by atoms with Crippen molar-refractivity contribution < 1.29 is 9.53 Å². The maximum Gasteiger partial charge on any atom is 0.226 e. The van der Waals surface area contributed by atoms with Crippen molar-refractivity contribution in [1.82, 2.24) is 4.90 Å². The molecule has 2 aliphatic carbocycles. The Morgan fingerprint density at radius 1 is 1.39 bits per heavy atom. The zero-order chi connectivity index (χ0) is 12.9. The normalized spacial score (nSPS) is 41.6. The van der Waals surface area contributed by atoms with Crippen LogP contribution < -0.4 is 5.73 Å². The molecule has 102 valence electrons. The highest BCUT2D eigenvalue weighted by Crippen LogP contribution is 2.58. The van der Waals surface area contributed by atoms with Crippen LogP contribution in [-0.2, 0) is 9.53 Å². The lowest BCUT2D eigenvalue weighted by Crippen LogP contribution is -2.56. The summed E-state index contributed by atoms with van der Waals surface area (Å²) in [7, 11) is 0. The highest BCUT2D eigenvalue weighted by atomic mass is 16.5. The minimum Gasteiger partial charge on any atom is -0.367 e. The SMILES string of the molecule is CC1(C)CN(C(=O)C2C3CCCC32)CC(CN)O1. The molecule has 3 aliphatic rings. The average molecular weight is 252 g/mol. The Hall–Kier alpha value is -0.610. The lowest BCUT2D eigenvalue weighted by atomic mass is 10.0. The summed E-state index contributed by atoms with van der Waals surface area (Å²) in [6.07, 6.45) is 3.83. The fourth-order valence-corrected chi connectivity index (χ4v) is 3.98. The van der Waals surface area contributed by atoms with E-state index < -0.39 is 0 Å². The Kier molecular flexibility index (Phi) is 2.90. The van der Waals surface area contributed by atoms with E-state index in [2.05, 4.69) is 0 Å². The predicted molar refractivity (Wildman–Crippen MR) is 68.9 cm³/mol. The summed E-state index contributed by atoms with van der Waals surface area (Å²) in [5, 5.41) is 0. The topological polar surface area (TPSA) is 55.6 Å². The maximum absolute atomic E-state index is 12.6. The van der Waals surface area contributed by atoms with Crippen LogP contribution in [0.2, 0.25) is 0 Å². The van der Waals surface area contributed by atoms with Crippen LogP contribution in [0.4, 0.5) is 0 Å². The van der Waals surface area contributed by atoms with E-state index in [1.54, 1.807) is 0 Å². The second kappa shape index (κ2) is 4.20. The van der Waals surface area contributed by atoms with Gasteiger partial charge in [0, 0.05) is 25.6 Å². The highest BCUT2D eigenvalue weighted by molar-refractivity contribution is 5.82. The number of rotatable bonds is 2. The molecule has 4 nitrogen and oxygen atoms in total. The van der Waals surface area contributed by atoms with Crippen molar-refractivity contribution in [3.63, 3.8) is 0 Å². The van der Waals surface area contributed by atoms with E-state index in [-0.39, 0.29) is 11.7 Å². The van der Waals surface area contributed by atoms with Crippen LogP contribution in [0.3, 0.4) is 0 Å². The van der Waals surface area contributed by atoms with Gasteiger partial charge in [-0.3, -0.25) is 4.79 Å². The Morgan fingerprint density at radius 3 is 2.67 bits per heavy atom. The van der Waals surface area contributed by atoms with Gasteiger partial charge in [-0.25, -0.2) is 0 Å². The van der Waals surface area contributed by atoms with E-state index in [0.29, 0.717) is 43.3 Å². The number of fused-ring (bicyclic) bond motifs is 1. The molecule has 1 amide bonds. The van der Waals surface area contributed by atoms with Gasteiger partial charge >= 0.3 is 0 Å². The van der Waals surface area contributed by atoms with Gasteiger partial charge in [-0.2, -0.15) is 0 Å². The second-order valence-electron chi connectivity index (χ2n) is 6.74. The van der Waals surface area contributed by atoms with Crippen LogP contribution >= 0.6 is 0 Å². The van der Waals surface area contributed by atoms with Crippen molar-refractivity contribution in [1.29, 1.82) is 0 Å². The lowest BCUT2D eigenvalue weighted by molar-refractivity contribution is -0.161. The molecule has 4 heteroatoms. The first-order valence-electron chi connectivity index (χ1n) is 7.18. The third-order valence-electron chi connectivity index (χ3n) is 4.75. The van der Waals surface area contributed by atoms with Crippen molar-refractivity contribution in [2.45, 2.75) is 44.8 Å². The fraction of sp³-hybridized carbons (Fsp3) is 0.929. The Bertz CT molecular complexity index is 346. The van der Waals surface area contributed by atoms with E-state index in [0.717, 1.165) is 0 Å². The van der Waals surface area contributed by atoms with Gasteiger partial charge in [0.2, 0.25) is 5.91 Å². The Labute approximate surface area is 109 Å². The van der Waals surface area contributed by atoms with Crippen LogP contribution in [0.5, 0.6) is 0 Å². The monoisotopic (exact) mass is 252 g/mol. The number of nitrogens with two attached hydrogens (primary N) is 1. The first-order chi connectivity index (χ1) is 8.52. The molecule has 0 spiro atoms. The highest BCUT2D eigenvalue weighted by Gasteiger charge is 2.58. The summed E-state index contributed by atoms with van der Waals surface area (Å²) in [4.78, 5) is 14.6. The molecule has 1 aliphatic heterocycles. The maximum atomic E-state index is 12.6. The molecule has 0 aromatic carbocycles. The van der Waals surface area contributed by atoms with E-state index in [4.69, 9.17) is 10.5 Å². The molecular weight excluding hydrogens is 228 g/mol. The third kappa shape index (κ3) is 2.05. The van der Waals surface area contributed by atoms with Gasteiger partial charge in [0.25, 0.3) is 0 Å². The predicted octanol–water partition coefficient (Wildman–Crippen LogP) is 0.997. The smallest absolute Gasteiger partial charge is 0.226 e. The van der Waals surface area contributed by atoms with E-state index >= 15 is 0 Å². The number of morpholine rings is 1.